The summed E-state index contributed by atoms with van der Waals surface area (Å²) < 4.78 is 5.07. The Balaban J connectivity index is 3.18. The van der Waals surface area contributed by atoms with Crippen LogP contribution in [0.4, 0.5) is 0 Å². The molecule has 0 rings (SSSR count). The van der Waals surface area contributed by atoms with Crippen LogP contribution in [0.15, 0.2) is 0 Å². The third kappa shape index (κ3) is 10.3. The van der Waals surface area contributed by atoms with Crippen LogP contribution >= 0.6 is 21.6 Å². The van der Waals surface area contributed by atoms with Crippen molar-refractivity contribution in [2.75, 3.05) is 18.1 Å². The highest BCUT2D eigenvalue weighted by atomic mass is 33.1. The monoisotopic (exact) mass is 236 g/mol. The minimum Gasteiger partial charge on any atom is -0.465 e. The highest BCUT2D eigenvalue weighted by Gasteiger charge is 2.03. The molecule has 0 aromatic rings. The molecule has 14 heavy (non-hydrogen) atoms. The van der Waals surface area contributed by atoms with E-state index in [-0.39, 0.29) is 5.97 Å². The second kappa shape index (κ2) is 9.71. The number of hydrogen-bond acceptors (Lipinski definition) is 4. The van der Waals surface area contributed by atoms with Crippen molar-refractivity contribution in [3.63, 3.8) is 0 Å². The van der Waals surface area contributed by atoms with Gasteiger partial charge in [0, 0.05) is 17.9 Å². The second-order valence-corrected chi connectivity index (χ2v) is 6.25. The van der Waals surface area contributed by atoms with Gasteiger partial charge in [0.25, 0.3) is 0 Å². The van der Waals surface area contributed by atoms with Gasteiger partial charge in [0.2, 0.25) is 0 Å². The van der Waals surface area contributed by atoms with E-state index in [0.29, 0.717) is 18.9 Å². The fourth-order valence-electron chi connectivity index (χ4n) is 0.810. The molecule has 0 heterocycles. The predicted molar refractivity (Wildman–Crippen MR) is 65.6 cm³/mol. The van der Waals surface area contributed by atoms with Gasteiger partial charge in [0.1, 0.15) is 6.61 Å². The Morgan fingerprint density at radius 1 is 1.36 bits per heavy atom. The molecule has 0 spiro atoms. The van der Waals surface area contributed by atoms with Crippen LogP contribution in [0.25, 0.3) is 0 Å². The molecule has 0 N–H and O–H groups in total. The zero-order chi connectivity index (χ0) is 10.8. The van der Waals surface area contributed by atoms with E-state index in [2.05, 4.69) is 20.8 Å². The first kappa shape index (κ1) is 14.2. The quantitative estimate of drug-likeness (QED) is 0.367. The van der Waals surface area contributed by atoms with Crippen LogP contribution in [-0.4, -0.2) is 24.1 Å². The zero-order valence-electron chi connectivity index (χ0n) is 9.25. The average Bonchev–Trinajstić information content (AvgIpc) is 2.14. The van der Waals surface area contributed by atoms with Crippen LogP contribution in [0.1, 0.15) is 33.6 Å². The molecular weight excluding hydrogens is 216 g/mol. The summed E-state index contributed by atoms with van der Waals surface area (Å²) in [4.78, 5) is 11.1. The van der Waals surface area contributed by atoms with Crippen molar-refractivity contribution < 1.29 is 9.53 Å². The maximum absolute atomic E-state index is 11.1. The summed E-state index contributed by atoms with van der Waals surface area (Å²) in [7, 11) is 3.56. The van der Waals surface area contributed by atoms with Crippen LogP contribution < -0.4 is 0 Å². The summed E-state index contributed by atoms with van der Waals surface area (Å²) in [6.45, 7) is 6.89. The summed E-state index contributed by atoms with van der Waals surface area (Å²) in [6.07, 6.45) is 1.49. The molecule has 0 amide bonds. The molecule has 2 nitrogen and oxygen atoms in total. The van der Waals surface area contributed by atoms with Gasteiger partial charge >= 0.3 is 5.97 Å². The number of hydrogen-bond donors (Lipinski definition) is 0. The first-order valence-corrected chi connectivity index (χ1v) is 7.55. The van der Waals surface area contributed by atoms with Crippen LogP contribution in [0, 0.1) is 5.92 Å². The molecule has 0 aliphatic heterocycles. The fraction of sp³-hybridized carbons (Fsp3) is 0.900. The molecule has 0 aliphatic rings. The standard InChI is InChI=1S/C10H20O2S2/c1-4-13-14-8-7-12-10(11)6-5-9(2)3/h9H,4-8H2,1-3H3. The van der Waals surface area contributed by atoms with Crippen molar-refractivity contribution in [2.45, 2.75) is 33.6 Å². The number of esters is 1. The summed E-state index contributed by atoms with van der Waals surface area (Å²) in [5, 5.41) is 0. The Kier molecular flexibility index (Phi) is 9.83. The molecule has 0 atom stereocenters. The van der Waals surface area contributed by atoms with Crippen LogP contribution in [0.3, 0.4) is 0 Å². The van der Waals surface area contributed by atoms with Crippen molar-refractivity contribution in [1.82, 2.24) is 0 Å². The van der Waals surface area contributed by atoms with Crippen LogP contribution in [0.2, 0.25) is 0 Å². The SMILES string of the molecule is CCSSCCOC(=O)CCC(C)C. The minimum atomic E-state index is -0.0548. The van der Waals surface area contributed by atoms with E-state index < -0.39 is 0 Å². The van der Waals surface area contributed by atoms with Crippen molar-refractivity contribution in [2.24, 2.45) is 5.92 Å². The van der Waals surface area contributed by atoms with Gasteiger partial charge in [-0.05, 0) is 12.3 Å². The van der Waals surface area contributed by atoms with Gasteiger partial charge in [-0.1, -0.05) is 42.4 Å². The van der Waals surface area contributed by atoms with Gasteiger partial charge in [-0.15, -0.1) is 0 Å². The van der Waals surface area contributed by atoms with E-state index in [9.17, 15) is 4.79 Å². The Labute approximate surface area is 94.9 Å². The number of carbonyl (C=O) groups is 1. The molecule has 84 valence electrons. The van der Waals surface area contributed by atoms with E-state index >= 15 is 0 Å². The summed E-state index contributed by atoms with van der Waals surface area (Å²) in [5.74, 6) is 2.52. The van der Waals surface area contributed by atoms with Gasteiger partial charge in [0.05, 0.1) is 0 Å². The van der Waals surface area contributed by atoms with Gasteiger partial charge in [-0.2, -0.15) is 0 Å². The molecule has 0 aromatic heterocycles. The average molecular weight is 236 g/mol. The minimum absolute atomic E-state index is 0.0548. The maximum Gasteiger partial charge on any atom is 0.305 e. The first-order valence-electron chi connectivity index (χ1n) is 5.06. The lowest BCUT2D eigenvalue weighted by molar-refractivity contribution is -0.143. The Bertz CT molecular complexity index is 149. The third-order valence-electron chi connectivity index (χ3n) is 1.56. The molecule has 0 unspecified atom stereocenters. The molecule has 0 aliphatic carbocycles. The lowest BCUT2D eigenvalue weighted by Crippen LogP contribution is -2.08. The van der Waals surface area contributed by atoms with Gasteiger partial charge in [-0.25, -0.2) is 0 Å². The molecule has 0 saturated heterocycles. The second-order valence-electron chi connectivity index (χ2n) is 3.38. The Morgan fingerprint density at radius 2 is 2.07 bits per heavy atom. The summed E-state index contributed by atoms with van der Waals surface area (Å²) in [6, 6.07) is 0. The lowest BCUT2D eigenvalue weighted by Gasteiger charge is -2.05. The number of rotatable bonds is 8. The van der Waals surface area contributed by atoms with Crippen LogP contribution in [0.5, 0.6) is 0 Å². The largest absolute Gasteiger partial charge is 0.465 e. The molecule has 0 fully saturated rings. The van der Waals surface area contributed by atoms with Crippen molar-refractivity contribution in [1.29, 1.82) is 0 Å². The van der Waals surface area contributed by atoms with Crippen LogP contribution in [-0.2, 0) is 9.53 Å². The molecule has 0 radical (unpaired) electrons. The normalized spacial score (nSPS) is 10.6. The Hall–Kier alpha value is 0.170. The van der Waals surface area contributed by atoms with Crippen molar-refractivity contribution in [3.05, 3.63) is 0 Å². The topological polar surface area (TPSA) is 26.3 Å². The van der Waals surface area contributed by atoms with Gasteiger partial charge < -0.3 is 4.74 Å². The van der Waals surface area contributed by atoms with E-state index in [1.165, 1.54) is 0 Å². The maximum atomic E-state index is 11.1. The summed E-state index contributed by atoms with van der Waals surface area (Å²) in [5.41, 5.74) is 0. The molecule has 0 aromatic carbocycles. The van der Waals surface area contributed by atoms with E-state index in [0.717, 1.165) is 17.9 Å². The van der Waals surface area contributed by atoms with Crippen molar-refractivity contribution >= 4 is 27.6 Å². The predicted octanol–water partition coefficient (Wildman–Crippen LogP) is 3.37. The van der Waals surface area contributed by atoms with Crippen molar-refractivity contribution in [3.8, 4) is 0 Å². The first-order chi connectivity index (χ1) is 6.66. The number of carbonyl (C=O) groups excluding carboxylic acids is 1. The van der Waals surface area contributed by atoms with Gasteiger partial charge in [0.15, 0.2) is 0 Å². The number of ether oxygens (including phenoxy) is 1. The summed E-state index contributed by atoms with van der Waals surface area (Å²) >= 11 is 0. The molecular formula is C10H20O2S2. The zero-order valence-corrected chi connectivity index (χ0v) is 10.9. The molecule has 4 heteroatoms. The lowest BCUT2D eigenvalue weighted by atomic mass is 10.1. The fourth-order valence-corrected chi connectivity index (χ4v) is 2.30. The smallest absolute Gasteiger partial charge is 0.305 e. The molecule has 0 bridgehead atoms. The highest BCUT2D eigenvalue weighted by Crippen LogP contribution is 2.19. The Morgan fingerprint density at radius 3 is 2.64 bits per heavy atom. The van der Waals surface area contributed by atoms with Gasteiger partial charge in [-0.3, -0.25) is 4.79 Å². The van der Waals surface area contributed by atoms with E-state index in [1.807, 2.05) is 0 Å². The van der Waals surface area contributed by atoms with E-state index in [4.69, 9.17) is 4.74 Å². The third-order valence-corrected chi connectivity index (χ3v) is 4.00. The molecule has 0 saturated carbocycles. The highest BCUT2D eigenvalue weighted by molar-refractivity contribution is 8.76. The van der Waals surface area contributed by atoms with E-state index in [1.54, 1.807) is 21.6 Å².